The molecule has 0 saturated heterocycles. The average Bonchev–Trinajstić information content (AvgIpc) is 2.17. The fourth-order valence-electron chi connectivity index (χ4n) is 1.62. The highest BCUT2D eigenvalue weighted by molar-refractivity contribution is 5.65. The molecular formula is C14H19N. The van der Waals surface area contributed by atoms with Gasteiger partial charge in [-0.1, -0.05) is 38.6 Å². The Bertz CT molecular complexity index is 386. The topological polar surface area (TPSA) is 12.9 Å². The summed E-state index contributed by atoms with van der Waals surface area (Å²) >= 11 is 0. The van der Waals surface area contributed by atoms with Gasteiger partial charge >= 0.3 is 0 Å². The maximum absolute atomic E-state index is 4.50. The van der Waals surface area contributed by atoms with Crippen molar-refractivity contribution in [1.29, 1.82) is 0 Å². The zero-order chi connectivity index (χ0) is 11.4. The van der Waals surface area contributed by atoms with Crippen LogP contribution in [0.25, 0.3) is 5.57 Å². The lowest BCUT2D eigenvalue weighted by Crippen LogP contribution is -1.98. The van der Waals surface area contributed by atoms with Crippen LogP contribution in [0.1, 0.15) is 43.5 Å². The van der Waals surface area contributed by atoms with Gasteiger partial charge < -0.3 is 0 Å². The first-order valence-corrected chi connectivity index (χ1v) is 5.32. The van der Waals surface area contributed by atoms with Crippen LogP contribution >= 0.6 is 0 Å². The van der Waals surface area contributed by atoms with E-state index in [4.69, 9.17) is 0 Å². The van der Waals surface area contributed by atoms with E-state index in [9.17, 15) is 0 Å². The second-order valence-electron chi connectivity index (χ2n) is 4.19. The number of allylic oxidation sites excluding steroid dienone is 3. The van der Waals surface area contributed by atoms with Crippen molar-refractivity contribution in [2.45, 2.75) is 33.6 Å². The van der Waals surface area contributed by atoms with Gasteiger partial charge in [-0.25, -0.2) is 0 Å². The molecular weight excluding hydrogens is 182 g/mol. The normalized spacial score (nSPS) is 11.9. The van der Waals surface area contributed by atoms with Gasteiger partial charge in [-0.15, -0.1) is 0 Å². The average molecular weight is 201 g/mol. The number of aryl methyl sites for hydroxylation is 1. The van der Waals surface area contributed by atoms with Crippen LogP contribution in [-0.4, -0.2) is 4.98 Å². The van der Waals surface area contributed by atoms with Gasteiger partial charge in [0.05, 0.1) is 5.69 Å². The molecule has 0 aliphatic rings. The molecule has 0 N–H and O–H groups in total. The minimum absolute atomic E-state index is 0.501. The van der Waals surface area contributed by atoms with Gasteiger partial charge in [0.25, 0.3) is 0 Å². The molecule has 0 bridgehead atoms. The van der Waals surface area contributed by atoms with Crippen molar-refractivity contribution in [2.24, 2.45) is 0 Å². The van der Waals surface area contributed by atoms with E-state index in [1.165, 1.54) is 16.7 Å². The van der Waals surface area contributed by atoms with Gasteiger partial charge in [-0.05, 0) is 36.5 Å². The summed E-state index contributed by atoms with van der Waals surface area (Å²) < 4.78 is 0. The van der Waals surface area contributed by atoms with E-state index in [1.807, 2.05) is 12.3 Å². The smallest absolute Gasteiger partial charge is 0.0693 e. The molecule has 0 atom stereocenters. The lowest BCUT2D eigenvalue weighted by atomic mass is 9.96. The molecule has 1 nitrogen and oxygen atoms in total. The van der Waals surface area contributed by atoms with Gasteiger partial charge in [-0.3, -0.25) is 4.98 Å². The fraction of sp³-hybridized carbons (Fsp3) is 0.357. The molecule has 0 spiro atoms. The second kappa shape index (κ2) is 4.92. The van der Waals surface area contributed by atoms with E-state index < -0.39 is 0 Å². The van der Waals surface area contributed by atoms with Crippen LogP contribution in [0.15, 0.2) is 31.0 Å². The Labute approximate surface area is 92.6 Å². The summed E-state index contributed by atoms with van der Waals surface area (Å²) in [7, 11) is 0. The molecule has 15 heavy (non-hydrogen) atoms. The fourth-order valence-corrected chi connectivity index (χ4v) is 1.62. The number of nitrogens with zero attached hydrogens (tertiary/aromatic N) is 1. The molecule has 1 rings (SSSR count). The van der Waals surface area contributed by atoms with Crippen LogP contribution in [0.3, 0.4) is 0 Å². The standard InChI is InChI=1S/C14H19N/c1-6-7-12(5)14-13(10(2)3)8-11(4)9-15-14/h6-10H,1H2,2-5H3/b12-7+. The molecule has 1 heteroatoms. The molecule has 0 radical (unpaired) electrons. The minimum atomic E-state index is 0.501. The summed E-state index contributed by atoms with van der Waals surface area (Å²) in [5.41, 5.74) is 4.80. The third kappa shape index (κ3) is 2.79. The zero-order valence-electron chi connectivity index (χ0n) is 10.0. The Morgan fingerprint density at radius 1 is 1.47 bits per heavy atom. The Balaban J connectivity index is 3.28. The third-order valence-corrected chi connectivity index (χ3v) is 2.42. The monoisotopic (exact) mass is 201 g/mol. The largest absolute Gasteiger partial charge is 0.256 e. The van der Waals surface area contributed by atoms with Crippen LogP contribution in [0.4, 0.5) is 0 Å². The van der Waals surface area contributed by atoms with Gasteiger partial charge in [0.15, 0.2) is 0 Å². The summed E-state index contributed by atoms with van der Waals surface area (Å²) in [6, 6.07) is 2.22. The van der Waals surface area contributed by atoms with Crippen LogP contribution in [0.2, 0.25) is 0 Å². The van der Waals surface area contributed by atoms with Crippen molar-refractivity contribution < 1.29 is 0 Å². The number of rotatable bonds is 3. The van der Waals surface area contributed by atoms with Crippen LogP contribution in [0, 0.1) is 6.92 Å². The van der Waals surface area contributed by atoms with Crippen molar-refractivity contribution in [3.63, 3.8) is 0 Å². The first-order valence-electron chi connectivity index (χ1n) is 5.32. The van der Waals surface area contributed by atoms with Gasteiger partial charge in [0.2, 0.25) is 0 Å². The molecule has 0 aliphatic carbocycles. The predicted octanol–water partition coefficient (Wildman–Crippen LogP) is 4.10. The van der Waals surface area contributed by atoms with E-state index >= 15 is 0 Å². The Morgan fingerprint density at radius 3 is 2.67 bits per heavy atom. The molecule has 0 aliphatic heterocycles. The summed E-state index contributed by atoms with van der Waals surface area (Å²) in [4.78, 5) is 4.50. The first-order chi connectivity index (χ1) is 7.06. The highest BCUT2D eigenvalue weighted by atomic mass is 14.7. The molecule has 0 amide bonds. The molecule has 0 aromatic carbocycles. The Morgan fingerprint density at radius 2 is 2.13 bits per heavy atom. The maximum Gasteiger partial charge on any atom is 0.0693 e. The van der Waals surface area contributed by atoms with Crippen molar-refractivity contribution in [1.82, 2.24) is 4.98 Å². The van der Waals surface area contributed by atoms with Gasteiger partial charge in [-0.2, -0.15) is 0 Å². The quantitative estimate of drug-likeness (QED) is 0.671. The van der Waals surface area contributed by atoms with E-state index in [-0.39, 0.29) is 0 Å². The first kappa shape index (κ1) is 11.7. The molecule has 1 aromatic heterocycles. The molecule has 0 fully saturated rings. The summed E-state index contributed by atoms with van der Waals surface area (Å²) in [6.07, 6.45) is 5.73. The van der Waals surface area contributed by atoms with Crippen LogP contribution in [0.5, 0.6) is 0 Å². The number of hydrogen-bond acceptors (Lipinski definition) is 1. The predicted molar refractivity (Wildman–Crippen MR) is 66.9 cm³/mol. The van der Waals surface area contributed by atoms with Gasteiger partial charge in [0, 0.05) is 6.20 Å². The highest BCUT2D eigenvalue weighted by Gasteiger charge is 2.09. The lowest BCUT2D eigenvalue weighted by Gasteiger charge is -2.12. The molecule has 1 heterocycles. The molecule has 0 unspecified atom stereocenters. The zero-order valence-corrected chi connectivity index (χ0v) is 10.0. The number of aromatic nitrogens is 1. The number of pyridine rings is 1. The lowest BCUT2D eigenvalue weighted by molar-refractivity contribution is 0.849. The minimum Gasteiger partial charge on any atom is -0.256 e. The van der Waals surface area contributed by atoms with Crippen molar-refractivity contribution >= 4 is 5.57 Å². The Hall–Kier alpha value is -1.37. The van der Waals surface area contributed by atoms with Crippen LogP contribution in [-0.2, 0) is 0 Å². The molecule has 80 valence electrons. The SMILES string of the molecule is C=C/C=C(\C)c1ncc(C)cc1C(C)C. The summed E-state index contributed by atoms with van der Waals surface area (Å²) in [6.45, 7) is 12.3. The number of hydrogen-bond donors (Lipinski definition) is 0. The van der Waals surface area contributed by atoms with Gasteiger partial charge in [0.1, 0.15) is 0 Å². The van der Waals surface area contributed by atoms with Crippen molar-refractivity contribution in [3.8, 4) is 0 Å². The molecule has 1 aromatic rings. The van der Waals surface area contributed by atoms with E-state index in [0.717, 1.165) is 5.69 Å². The summed E-state index contributed by atoms with van der Waals surface area (Å²) in [5, 5.41) is 0. The second-order valence-corrected chi connectivity index (χ2v) is 4.19. The van der Waals surface area contributed by atoms with E-state index in [0.29, 0.717) is 5.92 Å². The molecule has 0 saturated carbocycles. The van der Waals surface area contributed by atoms with Crippen molar-refractivity contribution in [2.75, 3.05) is 0 Å². The van der Waals surface area contributed by atoms with Crippen LogP contribution < -0.4 is 0 Å². The Kier molecular flexibility index (Phi) is 3.84. The van der Waals surface area contributed by atoms with E-state index in [1.54, 1.807) is 6.08 Å². The third-order valence-electron chi connectivity index (χ3n) is 2.42. The maximum atomic E-state index is 4.50. The highest BCUT2D eigenvalue weighted by Crippen LogP contribution is 2.24. The van der Waals surface area contributed by atoms with Crippen molar-refractivity contribution in [3.05, 3.63) is 47.8 Å². The summed E-state index contributed by atoms with van der Waals surface area (Å²) in [5.74, 6) is 0.501. The van der Waals surface area contributed by atoms with E-state index in [2.05, 4.69) is 45.3 Å².